The molecule has 0 atom stereocenters. The molecule has 0 bridgehead atoms. The van der Waals surface area contributed by atoms with Gasteiger partial charge in [-0.15, -0.1) is 11.3 Å². The van der Waals surface area contributed by atoms with Crippen LogP contribution in [0.25, 0.3) is 32.6 Å². The highest BCUT2D eigenvalue weighted by Gasteiger charge is 2.11. The fourth-order valence-corrected chi connectivity index (χ4v) is 5.02. The number of ether oxygens (including phenoxy) is 2. The Kier molecular flexibility index (Phi) is 6.96. The highest BCUT2D eigenvalue weighted by molar-refractivity contribution is 7.13. The molecule has 5 rings (SSSR count). The first-order valence-electron chi connectivity index (χ1n) is 11.6. The van der Waals surface area contributed by atoms with E-state index in [1.54, 1.807) is 25.6 Å². The van der Waals surface area contributed by atoms with Crippen LogP contribution in [0.3, 0.4) is 0 Å². The third kappa shape index (κ3) is 5.09. The number of carbonyl (C=O) groups is 1. The van der Waals surface area contributed by atoms with Gasteiger partial charge in [0.15, 0.2) is 11.5 Å². The standard InChI is InChI=1S/C30H26N2O3S/c1-34-27-15-14-24(16-28(27)35-2)26-19-36-30(32-26)22-12-10-20(11-13-22)18-31-29(33)17-23-8-5-7-21-6-3-4-9-25(21)23/h3-16,19H,17-18H2,1-2H3,(H,31,33). The lowest BCUT2D eigenvalue weighted by atomic mass is 10.0. The van der Waals surface area contributed by atoms with Crippen LogP contribution in [0, 0.1) is 0 Å². The Labute approximate surface area is 214 Å². The average molecular weight is 495 g/mol. The third-order valence-corrected chi connectivity index (χ3v) is 7.00. The number of carbonyl (C=O) groups excluding carboxylic acids is 1. The van der Waals surface area contributed by atoms with Crippen molar-refractivity contribution in [3.8, 4) is 33.3 Å². The summed E-state index contributed by atoms with van der Waals surface area (Å²) in [6.07, 6.45) is 0.359. The van der Waals surface area contributed by atoms with Crippen molar-refractivity contribution in [3.63, 3.8) is 0 Å². The molecule has 0 aliphatic rings. The van der Waals surface area contributed by atoms with E-state index in [-0.39, 0.29) is 5.91 Å². The van der Waals surface area contributed by atoms with Crippen molar-refractivity contribution < 1.29 is 14.3 Å². The molecule has 180 valence electrons. The number of nitrogens with zero attached hydrogens (tertiary/aromatic N) is 1. The Balaban J connectivity index is 1.22. The van der Waals surface area contributed by atoms with Gasteiger partial charge in [0.1, 0.15) is 5.01 Å². The summed E-state index contributed by atoms with van der Waals surface area (Å²) in [5, 5.41) is 8.29. The zero-order chi connectivity index (χ0) is 24.9. The Morgan fingerprint density at radius 3 is 2.42 bits per heavy atom. The Morgan fingerprint density at radius 1 is 0.861 bits per heavy atom. The summed E-state index contributed by atoms with van der Waals surface area (Å²) >= 11 is 1.59. The second-order valence-electron chi connectivity index (χ2n) is 8.40. The number of methoxy groups -OCH3 is 2. The minimum absolute atomic E-state index is 0.00918. The van der Waals surface area contributed by atoms with Gasteiger partial charge in [0, 0.05) is 23.1 Å². The normalized spacial score (nSPS) is 10.8. The van der Waals surface area contributed by atoms with Gasteiger partial charge in [-0.25, -0.2) is 4.98 Å². The van der Waals surface area contributed by atoms with Crippen LogP contribution in [0.15, 0.2) is 90.3 Å². The lowest BCUT2D eigenvalue weighted by Gasteiger charge is -2.09. The molecule has 1 N–H and O–H groups in total. The zero-order valence-electron chi connectivity index (χ0n) is 20.2. The summed E-state index contributed by atoms with van der Waals surface area (Å²) in [7, 11) is 3.25. The van der Waals surface area contributed by atoms with E-state index in [2.05, 4.69) is 23.5 Å². The van der Waals surface area contributed by atoms with E-state index in [9.17, 15) is 4.79 Å². The zero-order valence-corrected chi connectivity index (χ0v) is 21.0. The number of hydrogen-bond donors (Lipinski definition) is 1. The van der Waals surface area contributed by atoms with Crippen molar-refractivity contribution in [1.82, 2.24) is 10.3 Å². The fraction of sp³-hybridized carbons (Fsp3) is 0.133. The van der Waals surface area contributed by atoms with Crippen molar-refractivity contribution in [3.05, 3.63) is 101 Å². The fourth-order valence-electron chi connectivity index (χ4n) is 4.18. The molecule has 36 heavy (non-hydrogen) atoms. The maximum Gasteiger partial charge on any atom is 0.224 e. The second-order valence-corrected chi connectivity index (χ2v) is 9.25. The van der Waals surface area contributed by atoms with Gasteiger partial charge in [0.05, 0.1) is 26.3 Å². The molecule has 0 unspecified atom stereocenters. The molecule has 0 fully saturated rings. The number of benzene rings is 4. The molecule has 0 saturated heterocycles. The average Bonchev–Trinajstić information content (AvgIpc) is 3.42. The molecular weight excluding hydrogens is 468 g/mol. The highest BCUT2D eigenvalue weighted by Crippen LogP contribution is 2.34. The number of aromatic nitrogens is 1. The van der Waals surface area contributed by atoms with Crippen molar-refractivity contribution in [2.24, 2.45) is 0 Å². The SMILES string of the molecule is COc1ccc(-c2csc(-c3ccc(CNC(=O)Cc4cccc5ccccc45)cc3)n2)cc1OC. The van der Waals surface area contributed by atoms with Crippen LogP contribution >= 0.6 is 11.3 Å². The summed E-state index contributed by atoms with van der Waals surface area (Å²) in [6.45, 7) is 0.485. The van der Waals surface area contributed by atoms with Gasteiger partial charge < -0.3 is 14.8 Å². The van der Waals surface area contributed by atoms with Gasteiger partial charge in [0.2, 0.25) is 5.91 Å². The van der Waals surface area contributed by atoms with E-state index in [1.807, 2.05) is 72.1 Å². The minimum atomic E-state index is 0.00918. The minimum Gasteiger partial charge on any atom is -0.493 e. The van der Waals surface area contributed by atoms with Gasteiger partial charge in [-0.1, -0.05) is 66.7 Å². The van der Waals surface area contributed by atoms with Crippen molar-refractivity contribution in [1.29, 1.82) is 0 Å². The summed E-state index contributed by atoms with van der Waals surface area (Å²) in [6, 6.07) is 28.2. The smallest absolute Gasteiger partial charge is 0.224 e. The molecule has 0 radical (unpaired) electrons. The monoisotopic (exact) mass is 494 g/mol. The van der Waals surface area contributed by atoms with Crippen LogP contribution in [0.5, 0.6) is 11.5 Å². The first-order valence-corrected chi connectivity index (χ1v) is 12.5. The number of thiazole rings is 1. The van der Waals surface area contributed by atoms with Crippen LogP contribution in [-0.4, -0.2) is 25.1 Å². The Bertz CT molecular complexity index is 1500. The molecule has 1 amide bonds. The van der Waals surface area contributed by atoms with Crippen LogP contribution in [0.2, 0.25) is 0 Å². The largest absolute Gasteiger partial charge is 0.493 e. The van der Waals surface area contributed by atoms with Gasteiger partial charge in [-0.3, -0.25) is 4.79 Å². The molecule has 4 aromatic carbocycles. The van der Waals surface area contributed by atoms with Gasteiger partial charge >= 0.3 is 0 Å². The van der Waals surface area contributed by atoms with E-state index in [1.165, 1.54) is 0 Å². The molecule has 5 nitrogen and oxygen atoms in total. The lowest BCUT2D eigenvalue weighted by molar-refractivity contribution is -0.120. The molecular formula is C30H26N2O3S. The first kappa shape index (κ1) is 23.6. The van der Waals surface area contributed by atoms with Gasteiger partial charge in [0.25, 0.3) is 0 Å². The van der Waals surface area contributed by atoms with Crippen LogP contribution in [-0.2, 0) is 17.8 Å². The topological polar surface area (TPSA) is 60.5 Å². The Hall–Kier alpha value is -4.16. The maximum atomic E-state index is 12.6. The van der Waals surface area contributed by atoms with E-state index in [4.69, 9.17) is 14.5 Å². The molecule has 6 heteroatoms. The number of amides is 1. The quantitative estimate of drug-likeness (QED) is 0.267. The summed E-state index contributed by atoms with van der Waals surface area (Å²) in [4.78, 5) is 17.4. The molecule has 5 aromatic rings. The number of fused-ring (bicyclic) bond motifs is 1. The van der Waals surface area contributed by atoms with Crippen molar-refractivity contribution in [2.45, 2.75) is 13.0 Å². The predicted molar refractivity (Wildman–Crippen MR) is 146 cm³/mol. The van der Waals surface area contributed by atoms with Gasteiger partial charge in [-0.2, -0.15) is 0 Å². The van der Waals surface area contributed by atoms with E-state index >= 15 is 0 Å². The number of hydrogen-bond acceptors (Lipinski definition) is 5. The van der Waals surface area contributed by atoms with Crippen LogP contribution in [0.4, 0.5) is 0 Å². The number of nitrogens with one attached hydrogen (secondary N) is 1. The van der Waals surface area contributed by atoms with Crippen molar-refractivity contribution >= 4 is 28.0 Å². The molecule has 1 aromatic heterocycles. The molecule has 0 saturated carbocycles. The third-order valence-electron chi connectivity index (χ3n) is 6.11. The van der Waals surface area contributed by atoms with E-state index in [0.717, 1.165) is 43.7 Å². The molecule has 1 heterocycles. The number of rotatable bonds is 8. The van der Waals surface area contributed by atoms with Crippen LogP contribution < -0.4 is 14.8 Å². The van der Waals surface area contributed by atoms with E-state index < -0.39 is 0 Å². The summed E-state index contributed by atoms with van der Waals surface area (Å²) in [5.41, 5.74) is 4.98. The second kappa shape index (κ2) is 10.6. The predicted octanol–water partition coefficient (Wildman–Crippen LogP) is 6.51. The summed E-state index contributed by atoms with van der Waals surface area (Å²) < 4.78 is 10.7. The lowest BCUT2D eigenvalue weighted by Crippen LogP contribution is -2.24. The molecule has 0 aliphatic carbocycles. The Morgan fingerprint density at radius 2 is 1.61 bits per heavy atom. The first-order chi connectivity index (χ1) is 17.6. The molecule has 0 aliphatic heterocycles. The maximum absolute atomic E-state index is 12.6. The summed E-state index contributed by atoms with van der Waals surface area (Å²) in [5.74, 6) is 1.38. The molecule has 0 spiro atoms. The van der Waals surface area contributed by atoms with Crippen LogP contribution in [0.1, 0.15) is 11.1 Å². The van der Waals surface area contributed by atoms with Crippen molar-refractivity contribution in [2.75, 3.05) is 14.2 Å². The highest BCUT2D eigenvalue weighted by atomic mass is 32.1. The van der Waals surface area contributed by atoms with E-state index in [0.29, 0.717) is 24.5 Å². The van der Waals surface area contributed by atoms with Gasteiger partial charge in [-0.05, 0) is 40.1 Å².